The van der Waals surface area contributed by atoms with Crippen molar-refractivity contribution >= 4 is 28.9 Å². The van der Waals surface area contributed by atoms with Crippen LogP contribution in [0.1, 0.15) is 20.3 Å². The van der Waals surface area contributed by atoms with Crippen LogP contribution in [0.15, 0.2) is 6.07 Å². The number of aromatic nitrogens is 2. The highest BCUT2D eigenvalue weighted by Gasteiger charge is 2.03. The van der Waals surface area contributed by atoms with Crippen LogP contribution < -0.4 is 5.32 Å². The fourth-order valence-electron chi connectivity index (χ4n) is 1.16. The minimum absolute atomic E-state index is 0.316. The number of nitrogens with one attached hydrogen (secondary N) is 1. The molecule has 0 aliphatic heterocycles. The molecule has 0 fully saturated rings. The average molecular weight is 278 g/mol. The minimum atomic E-state index is 0.316. The van der Waals surface area contributed by atoms with E-state index in [1.54, 1.807) is 6.07 Å². The fraction of sp³-hybridized carbons (Fsp3) is 0.636. The predicted molar refractivity (Wildman–Crippen MR) is 70.8 cm³/mol. The van der Waals surface area contributed by atoms with Gasteiger partial charge in [-0.15, -0.1) is 10.2 Å². The standard InChI is InChI=1S/C11H17Cl2N3O/c1-8(2)3-5-17-6-4-14-9-7-10(12)15-16-11(9)13/h7-8H,3-6H2,1-2H3,(H,14,15). The Morgan fingerprint density at radius 3 is 2.76 bits per heavy atom. The van der Waals surface area contributed by atoms with Crippen LogP contribution in [0, 0.1) is 5.92 Å². The molecule has 1 aromatic heterocycles. The first-order valence-corrected chi connectivity index (χ1v) is 6.35. The molecule has 1 heterocycles. The maximum absolute atomic E-state index is 5.84. The van der Waals surface area contributed by atoms with Crippen molar-refractivity contribution in [3.63, 3.8) is 0 Å². The lowest BCUT2D eigenvalue weighted by Crippen LogP contribution is -2.11. The summed E-state index contributed by atoms with van der Waals surface area (Å²) in [6.45, 7) is 6.42. The van der Waals surface area contributed by atoms with Crippen molar-refractivity contribution in [3.8, 4) is 0 Å². The van der Waals surface area contributed by atoms with Crippen LogP contribution >= 0.6 is 23.2 Å². The van der Waals surface area contributed by atoms with E-state index in [0.29, 0.717) is 35.1 Å². The van der Waals surface area contributed by atoms with E-state index in [9.17, 15) is 0 Å². The van der Waals surface area contributed by atoms with E-state index < -0.39 is 0 Å². The SMILES string of the molecule is CC(C)CCOCCNc1cc(Cl)nnc1Cl. The second-order valence-corrected chi connectivity index (χ2v) is 4.84. The maximum Gasteiger partial charge on any atom is 0.174 e. The quantitative estimate of drug-likeness (QED) is 0.778. The summed E-state index contributed by atoms with van der Waals surface area (Å²) >= 11 is 11.6. The number of rotatable bonds is 7. The normalized spacial score (nSPS) is 10.9. The molecule has 0 aromatic carbocycles. The number of nitrogens with zero attached hydrogens (tertiary/aromatic N) is 2. The van der Waals surface area contributed by atoms with E-state index in [1.165, 1.54) is 0 Å². The Hall–Kier alpha value is -0.580. The average Bonchev–Trinajstić information content (AvgIpc) is 2.27. The largest absolute Gasteiger partial charge is 0.380 e. The highest BCUT2D eigenvalue weighted by molar-refractivity contribution is 6.33. The van der Waals surface area contributed by atoms with E-state index in [2.05, 4.69) is 29.4 Å². The van der Waals surface area contributed by atoms with Crippen molar-refractivity contribution in [1.29, 1.82) is 0 Å². The molecule has 96 valence electrons. The third-order valence-electron chi connectivity index (χ3n) is 2.12. The number of anilines is 1. The monoisotopic (exact) mass is 277 g/mol. The Labute approximate surface area is 112 Å². The summed E-state index contributed by atoms with van der Waals surface area (Å²) in [4.78, 5) is 0. The van der Waals surface area contributed by atoms with Crippen LogP contribution in [0.5, 0.6) is 0 Å². The van der Waals surface area contributed by atoms with Crippen molar-refractivity contribution in [2.24, 2.45) is 5.92 Å². The van der Waals surface area contributed by atoms with Gasteiger partial charge in [0.15, 0.2) is 10.3 Å². The summed E-state index contributed by atoms with van der Waals surface area (Å²) in [5.41, 5.74) is 0.680. The molecule has 0 aliphatic rings. The van der Waals surface area contributed by atoms with Crippen LogP contribution in [0.25, 0.3) is 0 Å². The van der Waals surface area contributed by atoms with E-state index >= 15 is 0 Å². The molecule has 0 radical (unpaired) electrons. The molecular weight excluding hydrogens is 261 g/mol. The molecule has 6 heteroatoms. The number of hydrogen-bond acceptors (Lipinski definition) is 4. The number of halogens is 2. The first kappa shape index (κ1) is 14.5. The molecule has 0 unspecified atom stereocenters. The summed E-state index contributed by atoms with van der Waals surface area (Å²) in [5, 5.41) is 11.1. The second-order valence-electron chi connectivity index (χ2n) is 4.09. The van der Waals surface area contributed by atoms with Gasteiger partial charge in [-0.2, -0.15) is 0 Å². The fourth-order valence-corrected chi connectivity index (χ4v) is 1.46. The van der Waals surface area contributed by atoms with Gasteiger partial charge in [0.2, 0.25) is 0 Å². The Morgan fingerprint density at radius 1 is 1.29 bits per heavy atom. The minimum Gasteiger partial charge on any atom is -0.380 e. The number of ether oxygens (including phenoxy) is 1. The first-order valence-electron chi connectivity index (χ1n) is 5.60. The van der Waals surface area contributed by atoms with E-state index in [4.69, 9.17) is 27.9 Å². The first-order chi connectivity index (χ1) is 8.09. The van der Waals surface area contributed by atoms with Gasteiger partial charge in [-0.1, -0.05) is 37.0 Å². The summed E-state index contributed by atoms with van der Waals surface area (Å²) in [6.07, 6.45) is 1.07. The summed E-state index contributed by atoms with van der Waals surface area (Å²) in [7, 11) is 0. The summed E-state index contributed by atoms with van der Waals surface area (Å²) in [5.74, 6) is 0.667. The topological polar surface area (TPSA) is 47.0 Å². The molecule has 0 atom stereocenters. The van der Waals surface area contributed by atoms with Gasteiger partial charge in [-0.25, -0.2) is 0 Å². The van der Waals surface area contributed by atoms with E-state index in [1.807, 2.05) is 0 Å². The maximum atomic E-state index is 5.84. The molecular formula is C11H17Cl2N3O. The lowest BCUT2D eigenvalue weighted by molar-refractivity contribution is 0.132. The molecule has 1 rings (SSSR count). The highest BCUT2D eigenvalue weighted by Crippen LogP contribution is 2.20. The predicted octanol–water partition coefficient (Wildman–Crippen LogP) is 3.26. The van der Waals surface area contributed by atoms with Crippen LogP contribution in [-0.2, 0) is 4.74 Å². The summed E-state index contributed by atoms with van der Waals surface area (Å²) in [6, 6.07) is 1.64. The van der Waals surface area contributed by atoms with Gasteiger partial charge in [0.05, 0.1) is 12.3 Å². The van der Waals surface area contributed by atoms with E-state index in [-0.39, 0.29) is 0 Å². The van der Waals surface area contributed by atoms with Crippen molar-refractivity contribution in [3.05, 3.63) is 16.4 Å². The molecule has 17 heavy (non-hydrogen) atoms. The van der Waals surface area contributed by atoms with Crippen LogP contribution in [0.2, 0.25) is 10.3 Å². The third-order valence-corrected chi connectivity index (χ3v) is 2.58. The Bertz CT molecular complexity index is 347. The molecule has 4 nitrogen and oxygen atoms in total. The van der Waals surface area contributed by atoms with Crippen molar-refractivity contribution in [2.45, 2.75) is 20.3 Å². The molecule has 0 amide bonds. The Balaban J connectivity index is 2.20. The van der Waals surface area contributed by atoms with Gasteiger partial charge in [-0.05, 0) is 12.3 Å². The molecule has 0 saturated carbocycles. The van der Waals surface area contributed by atoms with E-state index in [0.717, 1.165) is 13.0 Å². The van der Waals surface area contributed by atoms with Gasteiger partial charge in [0, 0.05) is 19.2 Å². The van der Waals surface area contributed by atoms with Gasteiger partial charge < -0.3 is 10.1 Å². The molecule has 1 N–H and O–H groups in total. The molecule has 0 bridgehead atoms. The summed E-state index contributed by atoms with van der Waals surface area (Å²) < 4.78 is 5.46. The molecule has 0 aliphatic carbocycles. The van der Waals surface area contributed by atoms with Crippen molar-refractivity contribution in [2.75, 3.05) is 25.1 Å². The lowest BCUT2D eigenvalue weighted by atomic mass is 10.1. The molecule has 0 saturated heterocycles. The second kappa shape index (κ2) is 7.69. The third kappa shape index (κ3) is 6.05. The van der Waals surface area contributed by atoms with Crippen LogP contribution in [0.4, 0.5) is 5.69 Å². The van der Waals surface area contributed by atoms with Crippen molar-refractivity contribution in [1.82, 2.24) is 10.2 Å². The lowest BCUT2D eigenvalue weighted by Gasteiger charge is -2.09. The van der Waals surface area contributed by atoms with Crippen molar-refractivity contribution < 1.29 is 4.74 Å². The zero-order valence-corrected chi connectivity index (χ0v) is 11.6. The molecule has 1 aromatic rings. The van der Waals surface area contributed by atoms with Crippen LogP contribution in [0.3, 0.4) is 0 Å². The number of hydrogen-bond donors (Lipinski definition) is 1. The Kier molecular flexibility index (Phi) is 6.55. The van der Waals surface area contributed by atoms with Crippen LogP contribution in [-0.4, -0.2) is 30.0 Å². The van der Waals surface area contributed by atoms with Gasteiger partial charge in [0.1, 0.15) is 0 Å². The smallest absolute Gasteiger partial charge is 0.174 e. The van der Waals surface area contributed by atoms with Gasteiger partial charge >= 0.3 is 0 Å². The van der Waals surface area contributed by atoms with Gasteiger partial charge in [-0.3, -0.25) is 0 Å². The Morgan fingerprint density at radius 2 is 2.06 bits per heavy atom. The zero-order chi connectivity index (χ0) is 12.7. The highest BCUT2D eigenvalue weighted by atomic mass is 35.5. The van der Waals surface area contributed by atoms with Gasteiger partial charge in [0.25, 0.3) is 0 Å². The molecule has 0 spiro atoms. The zero-order valence-electron chi connectivity index (χ0n) is 10.0.